The average molecular weight is 248 g/mol. The topological polar surface area (TPSA) is 92.4 Å². The Labute approximate surface area is 105 Å². The maximum Gasteiger partial charge on any atom is 0.311 e. The number of rotatable bonds is 5. The highest BCUT2D eigenvalue weighted by molar-refractivity contribution is 5.98. The lowest BCUT2D eigenvalue weighted by atomic mass is 9.69. The van der Waals surface area contributed by atoms with Crippen molar-refractivity contribution in [1.82, 2.24) is 0 Å². The van der Waals surface area contributed by atoms with E-state index in [1.54, 1.807) is 24.3 Å². The van der Waals surface area contributed by atoms with E-state index in [1.807, 2.05) is 0 Å². The molecule has 1 aromatic rings. The first-order valence-electron chi connectivity index (χ1n) is 5.91. The number of primary amides is 1. The third kappa shape index (κ3) is 2.16. The summed E-state index contributed by atoms with van der Waals surface area (Å²) in [7, 11) is 0. The van der Waals surface area contributed by atoms with Crippen LogP contribution >= 0.6 is 0 Å². The van der Waals surface area contributed by atoms with Crippen molar-refractivity contribution in [2.45, 2.75) is 19.3 Å². The fourth-order valence-electron chi connectivity index (χ4n) is 2.19. The van der Waals surface area contributed by atoms with Crippen molar-refractivity contribution in [1.29, 1.82) is 0 Å². The van der Waals surface area contributed by atoms with Gasteiger partial charge >= 0.3 is 5.97 Å². The van der Waals surface area contributed by atoms with Gasteiger partial charge in [-0.2, -0.15) is 0 Å². The second kappa shape index (κ2) is 4.68. The first-order chi connectivity index (χ1) is 8.55. The van der Waals surface area contributed by atoms with Gasteiger partial charge in [0.05, 0.1) is 11.0 Å². The van der Waals surface area contributed by atoms with Crippen LogP contribution in [-0.2, 0) is 4.79 Å². The summed E-state index contributed by atoms with van der Waals surface area (Å²) in [5.74, 6) is -1.30. The average Bonchev–Trinajstić information content (AvgIpc) is 2.27. The van der Waals surface area contributed by atoms with E-state index in [1.165, 1.54) is 0 Å². The molecule has 0 bridgehead atoms. The summed E-state index contributed by atoms with van der Waals surface area (Å²) in [6, 6.07) is 6.86. The van der Waals surface area contributed by atoms with E-state index in [9.17, 15) is 14.7 Å². The van der Waals surface area contributed by atoms with Gasteiger partial charge in [0.25, 0.3) is 5.91 Å². The second-order valence-corrected chi connectivity index (χ2v) is 4.70. The van der Waals surface area contributed by atoms with Gasteiger partial charge in [-0.15, -0.1) is 0 Å². The van der Waals surface area contributed by atoms with E-state index >= 15 is 0 Å². The molecule has 0 radical (unpaired) electrons. The van der Waals surface area contributed by atoms with Crippen LogP contribution in [0.25, 0.3) is 0 Å². The molecule has 0 heterocycles. The lowest BCUT2D eigenvalue weighted by Gasteiger charge is -2.38. The maximum atomic E-state index is 11.2. The molecule has 1 aliphatic carbocycles. The first kappa shape index (κ1) is 12.4. The molecular formula is C13H16N2O3. The van der Waals surface area contributed by atoms with Crippen molar-refractivity contribution >= 4 is 17.6 Å². The van der Waals surface area contributed by atoms with Crippen molar-refractivity contribution in [2.75, 3.05) is 11.9 Å². The van der Waals surface area contributed by atoms with E-state index in [0.29, 0.717) is 30.6 Å². The van der Waals surface area contributed by atoms with Gasteiger partial charge in [0.15, 0.2) is 0 Å². The van der Waals surface area contributed by atoms with Gasteiger partial charge in [-0.3, -0.25) is 9.59 Å². The first-order valence-corrected chi connectivity index (χ1v) is 5.91. The molecule has 1 aliphatic rings. The summed E-state index contributed by atoms with van der Waals surface area (Å²) < 4.78 is 0. The number of carboxylic acid groups (broad SMARTS) is 1. The van der Waals surface area contributed by atoms with Gasteiger partial charge < -0.3 is 16.2 Å². The molecule has 18 heavy (non-hydrogen) atoms. The van der Waals surface area contributed by atoms with Crippen LogP contribution in [0.15, 0.2) is 24.3 Å². The molecule has 0 aliphatic heterocycles. The van der Waals surface area contributed by atoms with Crippen LogP contribution < -0.4 is 11.1 Å². The number of carbonyl (C=O) groups is 2. The minimum absolute atomic E-state index is 0.326. The van der Waals surface area contributed by atoms with E-state index in [4.69, 9.17) is 5.73 Å². The fraction of sp³-hybridized carbons (Fsp3) is 0.385. The molecule has 2 rings (SSSR count). The molecule has 0 saturated heterocycles. The predicted octanol–water partition coefficient (Wildman–Crippen LogP) is 1.45. The highest BCUT2D eigenvalue weighted by Gasteiger charge is 2.44. The van der Waals surface area contributed by atoms with Crippen molar-refractivity contribution in [3.05, 3.63) is 29.8 Å². The minimum Gasteiger partial charge on any atom is -0.481 e. The Kier molecular flexibility index (Phi) is 3.23. The zero-order valence-electron chi connectivity index (χ0n) is 9.98. The number of carbonyl (C=O) groups excluding carboxylic acids is 1. The van der Waals surface area contributed by atoms with Gasteiger partial charge in [-0.05, 0) is 25.0 Å². The molecule has 5 nitrogen and oxygen atoms in total. The number of amides is 1. The Hall–Kier alpha value is -2.04. The summed E-state index contributed by atoms with van der Waals surface area (Å²) in [5.41, 5.74) is 5.56. The molecule has 96 valence electrons. The number of carboxylic acids is 1. The maximum absolute atomic E-state index is 11.2. The van der Waals surface area contributed by atoms with Crippen LogP contribution in [0.5, 0.6) is 0 Å². The molecule has 0 spiro atoms. The number of aliphatic carboxylic acids is 1. The van der Waals surface area contributed by atoms with Gasteiger partial charge in [0.2, 0.25) is 0 Å². The van der Waals surface area contributed by atoms with Crippen LogP contribution in [0.2, 0.25) is 0 Å². The van der Waals surface area contributed by atoms with Gasteiger partial charge in [0, 0.05) is 12.2 Å². The zero-order chi connectivity index (χ0) is 13.2. The van der Waals surface area contributed by atoms with Crippen LogP contribution in [0, 0.1) is 5.41 Å². The van der Waals surface area contributed by atoms with Crippen LogP contribution in [0.1, 0.15) is 29.6 Å². The summed E-state index contributed by atoms with van der Waals surface area (Å²) >= 11 is 0. The predicted molar refractivity (Wildman–Crippen MR) is 67.4 cm³/mol. The Morgan fingerprint density at radius 2 is 2.00 bits per heavy atom. The monoisotopic (exact) mass is 248 g/mol. The molecule has 0 aromatic heterocycles. The van der Waals surface area contributed by atoms with Crippen LogP contribution in [-0.4, -0.2) is 23.5 Å². The largest absolute Gasteiger partial charge is 0.481 e. The minimum atomic E-state index is -0.780. The van der Waals surface area contributed by atoms with Crippen molar-refractivity contribution in [3.8, 4) is 0 Å². The number of para-hydroxylation sites is 1. The van der Waals surface area contributed by atoms with Crippen molar-refractivity contribution < 1.29 is 14.7 Å². The van der Waals surface area contributed by atoms with E-state index in [0.717, 1.165) is 6.42 Å². The summed E-state index contributed by atoms with van der Waals surface area (Å²) in [5, 5.41) is 12.2. The molecule has 0 unspecified atom stereocenters. The number of hydrogen-bond donors (Lipinski definition) is 3. The van der Waals surface area contributed by atoms with Crippen molar-refractivity contribution in [2.24, 2.45) is 11.1 Å². The Balaban J connectivity index is 2.11. The third-order valence-electron chi connectivity index (χ3n) is 3.57. The molecule has 1 aromatic carbocycles. The molecular weight excluding hydrogens is 232 g/mol. The van der Waals surface area contributed by atoms with Crippen molar-refractivity contribution in [3.63, 3.8) is 0 Å². The molecule has 1 fully saturated rings. The molecule has 5 heteroatoms. The van der Waals surface area contributed by atoms with E-state index < -0.39 is 17.3 Å². The normalized spacial score (nSPS) is 16.7. The molecule has 4 N–H and O–H groups in total. The molecule has 0 atom stereocenters. The smallest absolute Gasteiger partial charge is 0.311 e. The Morgan fingerprint density at radius 3 is 2.50 bits per heavy atom. The van der Waals surface area contributed by atoms with Crippen LogP contribution in [0.4, 0.5) is 5.69 Å². The Morgan fingerprint density at radius 1 is 1.33 bits per heavy atom. The summed E-state index contributed by atoms with van der Waals surface area (Å²) in [6.07, 6.45) is 2.29. The van der Waals surface area contributed by atoms with E-state index in [2.05, 4.69) is 5.32 Å². The Bertz CT molecular complexity index is 481. The lowest BCUT2D eigenvalue weighted by molar-refractivity contribution is -0.153. The van der Waals surface area contributed by atoms with Gasteiger partial charge in [-0.1, -0.05) is 18.6 Å². The second-order valence-electron chi connectivity index (χ2n) is 4.70. The highest BCUT2D eigenvalue weighted by Crippen LogP contribution is 2.41. The fourth-order valence-corrected chi connectivity index (χ4v) is 2.19. The lowest BCUT2D eigenvalue weighted by Crippen LogP contribution is -2.43. The number of nitrogens with one attached hydrogen (secondary N) is 1. The summed E-state index contributed by atoms with van der Waals surface area (Å²) in [4.78, 5) is 22.4. The van der Waals surface area contributed by atoms with E-state index in [-0.39, 0.29) is 0 Å². The highest BCUT2D eigenvalue weighted by atomic mass is 16.4. The van der Waals surface area contributed by atoms with Gasteiger partial charge in [0.1, 0.15) is 0 Å². The molecule has 1 saturated carbocycles. The quantitative estimate of drug-likeness (QED) is 0.735. The summed E-state index contributed by atoms with van der Waals surface area (Å²) in [6.45, 7) is 0.326. The van der Waals surface area contributed by atoms with Gasteiger partial charge in [-0.25, -0.2) is 0 Å². The standard InChI is InChI=1S/C13H16N2O3/c14-11(16)9-4-1-2-5-10(9)15-8-13(12(17)18)6-3-7-13/h1-2,4-5,15H,3,6-8H2,(H2,14,16)(H,17,18). The number of nitrogens with two attached hydrogens (primary N) is 1. The van der Waals surface area contributed by atoms with Crippen LogP contribution in [0.3, 0.4) is 0 Å². The third-order valence-corrected chi connectivity index (χ3v) is 3.57. The number of anilines is 1. The number of hydrogen-bond acceptors (Lipinski definition) is 3. The molecule has 1 amide bonds. The zero-order valence-corrected chi connectivity index (χ0v) is 9.98. The SMILES string of the molecule is NC(=O)c1ccccc1NCC1(C(=O)O)CCC1. The number of benzene rings is 1.